The third-order valence-corrected chi connectivity index (χ3v) is 5.17. The van der Waals surface area contributed by atoms with Gasteiger partial charge in [0, 0.05) is 36.8 Å². The fourth-order valence-corrected chi connectivity index (χ4v) is 3.31. The average Bonchev–Trinajstić information content (AvgIpc) is 3.30. The average molecular weight is 334 g/mol. The molecule has 1 fully saturated rings. The van der Waals surface area contributed by atoms with Crippen LogP contribution in [0, 0.1) is 0 Å². The third-order valence-electron chi connectivity index (χ3n) is 3.68. The van der Waals surface area contributed by atoms with E-state index in [1.807, 2.05) is 24.8 Å². The molecule has 5 nitrogen and oxygen atoms in total. The number of nitrogens with zero attached hydrogens (tertiary/aromatic N) is 2. The van der Waals surface area contributed by atoms with Crippen molar-refractivity contribution >= 4 is 23.6 Å². The zero-order valence-corrected chi connectivity index (χ0v) is 14.9. The van der Waals surface area contributed by atoms with Crippen LogP contribution >= 0.6 is 11.8 Å². The molecule has 0 aliphatic heterocycles. The van der Waals surface area contributed by atoms with E-state index >= 15 is 0 Å². The Morgan fingerprint density at radius 2 is 1.96 bits per heavy atom. The van der Waals surface area contributed by atoms with E-state index in [0.717, 1.165) is 13.1 Å². The molecule has 0 spiro atoms. The van der Waals surface area contributed by atoms with E-state index in [2.05, 4.69) is 39.9 Å². The van der Waals surface area contributed by atoms with Gasteiger partial charge in [0.2, 0.25) is 5.91 Å². The summed E-state index contributed by atoms with van der Waals surface area (Å²) in [6.45, 7) is 3.83. The van der Waals surface area contributed by atoms with Gasteiger partial charge >= 0.3 is 0 Å². The Morgan fingerprint density at radius 3 is 2.52 bits per heavy atom. The molecule has 2 rings (SSSR count). The van der Waals surface area contributed by atoms with Crippen LogP contribution in [0.5, 0.6) is 0 Å². The number of carbonyl (C=O) groups excluding carboxylic acids is 1. The first-order valence-electron chi connectivity index (χ1n) is 8.01. The van der Waals surface area contributed by atoms with Crippen molar-refractivity contribution in [1.29, 1.82) is 0 Å². The van der Waals surface area contributed by atoms with Gasteiger partial charge in [0.15, 0.2) is 5.96 Å². The van der Waals surface area contributed by atoms with Crippen molar-refractivity contribution in [3.8, 4) is 0 Å². The first-order chi connectivity index (χ1) is 11.0. The molecule has 0 bridgehead atoms. The Labute approximate surface area is 142 Å². The maximum absolute atomic E-state index is 11.7. The van der Waals surface area contributed by atoms with Gasteiger partial charge in [-0.25, -0.2) is 4.99 Å². The number of benzene rings is 1. The van der Waals surface area contributed by atoms with Crippen LogP contribution in [0.25, 0.3) is 0 Å². The standard InChI is InChI=1S/C17H26N4OS/c1-4-18-16(19-12-15(22)21(2)3)20-13-17(10-11-17)23-14-8-6-5-7-9-14/h5-9H,4,10-13H2,1-3H3,(H2,18,19,20). The molecular weight excluding hydrogens is 308 g/mol. The van der Waals surface area contributed by atoms with E-state index in [1.54, 1.807) is 19.0 Å². The van der Waals surface area contributed by atoms with Crippen LogP contribution in [-0.2, 0) is 4.79 Å². The van der Waals surface area contributed by atoms with Gasteiger partial charge < -0.3 is 15.5 Å². The molecule has 6 heteroatoms. The summed E-state index contributed by atoms with van der Waals surface area (Å²) in [5.41, 5.74) is 0. The molecule has 1 aliphatic carbocycles. The topological polar surface area (TPSA) is 56.7 Å². The number of amides is 1. The number of hydrogen-bond acceptors (Lipinski definition) is 3. The summed E-state index contributed by atoms with van der Waals surface area (Å²) in [5, 5.41) is 6.59. The largest absolute Gasteiger partial charge is 0.357 e. The normalized spacial score (nSPS) is 15.9. The van der Waals surface area contributed by atoms with E-state index in [1.165, 1.54) is 17.7 Å². The number of guanidine groups is 1. The van der Waals surface area contributed by atoms with Crippen LogP contribution in [0.15, 0.2) is 40.2 Å². The Balaban J connectivity index is 1.88. The van der Waals surface area contributed by atoms with Crippen LogP contribution in [0.2, 0.25) is 0 Å². The van der Waals surface area contributed by atoms with Gasteiger partial charge in [0.05, 0.1) is 0 Å². The van der Waals surface area contributed by atoms with Gasteiger partial charge in [-0.2, -0.15) is 0 Å². The van der Waals surface area contributed by atoms with Crippen molar-refractivity contribution in [2.24, 2.45) is 4.99 Å². The highest BCUT2D eigenvalue weighted by Gasteiger charge is 2.43. The molecule has 0 heterocycles. The first kappa shape index (κ1) is 17.7. The fraction of sp³-hybridized carbons (Fsp3) is 0.529. The van der Waals surface area contributed by atoms with E-state index in [9.17, 15) is 4.79 Å². The summed E-state index contributed by atoms with van der Waals surface area (Å²) >= 11 is 1.93. The zero-order chi connectivity index (χ0) is 16.7. The fourth-order valence-electron chi connectivity index (χ4n) is 2.07. The molecule has 23 heavy (non-hydrogen) atoms. The van der Waals surface area contributed by atoms with Crippen molar-refractivity contribution in [3.63, 3.8) is 0 Å². The molecule has 0 saturated heterocycles. The van der Waals surface area contributed by atoms with Gasteiger partial charge in [-0.3, -0.25) is 4.79 Å². The minimum absolute atomic E-state index is 0.00185. The van der Waals surface area contributed by atoms with Gasteiger partial charge in [-0.1, -0.05) is 18.2 Å². The second-order valence-corrected chi connectivity index (χ2v) is 7.48. The zero-order valence-electron chi connectivity index (χ0n) is 14.1. The second-order valence-electron chi connectivity index (χ2n) is 5.94. The lowest BCUT2D eigenvalue weighted by Gasteiger charge is -2.18. The maximum atomic E-state index is 11.7. The Morgan fingerprint density at radius 1 is 1.26 bits per heavy atom. The number of rotatable bonds is 7. The molecule has 2 N–H and O–H groups in total. The summed E-state index contributed by atoms with van der Waals surface area (Å²) in [6.07, 6.45) is 2.41. The monoisotopic (exact) mass is 334 g/mol. The van der Waals surface area contributed by atoms with Gasteiger partial charge in [0.25, 0.3) is 0 Å². The van der Waals surface area contributed by atoms with E-state index in [-0.39, 0.29) is 17.2 Å². The van der Waals surface area contributed by atoms with Crippen LogP contribution < -0.4 is 10.6 Å². The minimum Gasteiger partial charge on any atom is -0.357 e. The Bertz CT molecular complexity index is 541. The van der Waals surface area contributed by atoms with Gasteiger partial charge in [0.1, 0.15) is 6.54 Å². The number of likely N-dealkylation sites (N-methyl/N-ethyl adjacent to an activating group) is 1. The number of aliphatic imine (C=N–C) groups is 1. The molecule has 1 aromatic rings. The first-order valence-corrected chi connectivity index (χ1v) is 8.83. The second kappa shape index (κ2) is 8.24. The van der Waals surface area contributed by atoms with Crippen molar-refractivity contribution in [1.82, 2.24) is 15.5 Å². The summed E-state index contributed by atoms with van der Waals surface area (Å²) in [7, 11) is 3.49. The molecule has 1 saturated carbocycles. The molecule has 0 atom stereocenters. The summed E-state index contributed by atoms with van der Waals surface area (Å²) in [4.78, 5) is 18.9. The van der Waals surface area contributed by atoms with Crippen molar-refractivity contribution in [2.75, 3.05) is 33.7 Å². The predicted molar refractivity (Wildman–Crippen MR) is 96.9 cm³/mol. The van der Waals surface area contributed by atoms with E-state index < -0.39 is 0 Å². The van der Waals surface area contributed by atoms with Crippen LogP contribution in [-0.4, -0.2) is 55.2 Å². The van der Waals surface area contributed by atoms with Crippen molar-refractivity contribution < 1.29 is 4.79 Å². The Kier molecular flexibility index (Phi) is 6.33. The lowest BCUT2D eigenvalue weighted by molar-refractivity contribution is -0.127. The Hall–Kier alpha value is -1.69. The van der Waals surface area contributed by atoms with Crippen LogP contribution in [0.4, 0.5) is 0 Å². The molecule has 0 radical (unpaired) electrons. The highest BCUT2D eigenvalue weighted by atomic mass is 32.2. The van der Waals surface area contributed by atoms with E-state index in [0.29, 0.717) is 5.96 Å². The van der Waals surface area contributed by atoms with Crippen molar-refractivity contribution in [2.45, 2.75) is 29.4 Å². The van der Waals surface area contributed by atoms with E-state index in [4.69, 9.17) is 0 Å². The highest BCUT2D eigenvalue weighted by Crippen LogP contribution is 2.51. The number of thioether (sulfide) groups is 1. The smallest absolute Gasteiger partial charge is 0.243 e. The number of nitrogens with one attached hydrogen (secondary N) is 2. The number of carbonyl (C=O) groups is 1. The van der Waals surface area contributed by atoms with Gasteiger partial charge in [-0.05, 0) is 31.9 Å². The van der Waals surface area contributed by atoms with Crippen molar-refractivity contribution in [3.05, 3.63) is 30.3 Å². The van der Waals surface area contributed by atoms with Crippen LogP contribution in [0.3, 0.4) is 0 Å². The predicted octanol–water partition coefficient (Wildman–Crippen LogP) is 1.95. The highest BCUT2D eigenvalue weighted by molar-refractivity contribution is 8.01. The summed E-state index contributed by atoms with van der Waals surface area (Å²) < 4.78 is 0.253. The number of hydrogen-bond donors (Lipinski definition) is 2. The molecule has 1 aromatic carbocycles. The minimum atomic E-state index is 0.00185. The quantitative estimate of drug-likeness (QED) is 0.591. The lowest BCUT2D eigenvalue weighted by atomic mass is 10.4. The van der Waals surface area contributed by atoms with Gasteiger partial charge in [-0.15, -0.1) is 11.8 Å². The molecule has 0 aromatic heterocycles. The lowest BCUT2D eigenvalue weighted by Crippen LogP contribution is -2.41. The summed E-state index contributed by atoms with van der Waals surface area (Å²) in [6, 6.07) is 10.5. The molecule has 1 aliphatic rings. The molecule has 1 amide bonds. The molecule has 0 unspecified atom stereocenters. The summed E-state index contributed by atoms with van der Waals surface area (Å²) in [5.74, 6) is 0.713. The maximum Gasteiger partial charge on any atom is 0.243 e. The third kappa shape index (κ3) is 5.78. The SMILES string of the molecule is CCNC(=NCC(=O)N(C)C)NCC1(Sc2ccccc2)CC1. The molecular formula is C17H26N4OS. The molecule has 126 valence electrons. The van der Waals surface area contributed by atoms with Crippen LogP contribution in [0.1, 0.15) is 19.8 Å².